The average Bonchev–Trinajstić information content (AvgIpc) is 2.33. The van der Waals surface area contributed by atoms with Crippen molar-refractivity contribution in [2.45, 2.75) is 12.8 Å². The Labute approximate surface area is 77.8 Å². The minimum atomic E-state index is -0.00461. The van der Waals surface area contributed by atoms with Crippen molar-refractivity contribution in [3.63, 3.8) is 0 Å². The standard InChI is InChI=1S/C8H7FIN/c9-5-1-2-8-6(3-5)7(10)4-11-8/h3-4,11H,1-2H2. The second kappa shape index (κ2) is 2.62. The lowest BCUT2D eigenvalue weighted by atomic mass is 10.1. The van der Waals surface area contributed by atoms with Crippen LogP contribution >= 0.6 is 22.6 Å². The minimum absolute atomic E-state index is 0.00461. The van der Waals surface area contributed by atoms with Crippen LogP contribution in [0.4, 0.5) is 4.39 Å². The van der Waals surface area contributed by atoms with Gasteiger partial charge in [0, 0.05) is 27.4 Å². The van der Waals surface area contributed by atoms with Gasteiger partial charge in [-0.15, -0.1) is 0 Å². The Morgan fingerprint density at radius 1 is 1.45 bits per heavy atom. The summed E-state index contributed by atoms with van der Waals surface area (Å²) in [7, 11) is 0. The molecule has 11 heavy (non-hydrogen) atoms. The number of rotatable bonds is 0. The Bertz CT molecular complexity index is 314. The maximum absolute atomic E-state index is 12.8. The lowest BCUT2D eigenvalue weighted by Gasteiger charge is -2.06. The summed E-state index contributed by atoms with van der Waals surface area (Å²) in [6, 6.07) is 0. The predicted molar refractivity (Wildman–Crippen MR) is 50.9 cm³/mol. The number of H-pyrrole nitrogens is 1. The zero-order chi connectivity index (χ0) is 7.84. The summed E-state index contributed by atoms with van der Waals surface area (Å²) < 4.78 is 13.9. The molecule has 0 atom stereocenters. The summed E-state index contributed by atoms with van der Waals surface area (Å²) in [5.74, 6) is -0.00461. The topological polar surface area (TPSA) is 15.8 Å². The molecule has 0 bridgehead atoms. The quantitative estimate of drug-likeness (QED) is 0.693. The van der Waals surface area contributed by atoms with Crippen LogP contribution in [-0.2, 0) is 6.42 Å². The molecule has 0 spiro atoms. The highest BCUT2D eigenvalue weighted by Crippen LogP contribution is 2.27. The van der Waals surface area contributed by atoms with E-state index in [0.717, 1.165) is 21.2 Å². The van der Waals surface area contributed by atoms with Crippen molar-refractivity contribution in [2.24, 2.45) is 0 Å². The molecule has 1 aromatic rings. The molecule has 0 amide bonds. The van der Waals surface area contributed by atoms with E-state index in [0.29, 0.717) is 6.42 Å². The van der Waals surface area contributed by atoms with Gasteiger partial charge in [0.05, 0.1) is 0 Å². The molecule has 1 aliphatic rings. The Morgan fingerprint density at radius 3 is 3.09 bits per heavy atom. The smallest absolute Gasteiger partial charge is 0.101 e. The van der Waals surface area contributed by atoms with Crippen molar-refractivity contribution in [3.8, 4) is 0 Å². The van der Waals surface area contributed by atoms with E-state index >= 15 is 0 Å². The zero-order valence-corrected chi connectivity index (χ0v) is 7.98. The van der Waals surface area contributed by atoms with Gasteiger partial charge in [0.1, 0.15) is 5.83 Å². The molecule has 1 aliphatic carbocycles. The number of halogens is 2. The van der Waals surface area contributed by atoms with Crippen LogP contribution in [0, 0.1) is 3.57 Å². The van der Waals surface area contributed by atoms with E-state index in [9.17, 15) is 4.39 Å². The molecule has 1 N–H and O–H groups in total. The van der Waals surface area contributed by atoms with Gasteiger partial charge >= 0.3 is 0 Å². The second-order valence-corrected chi connectivity index (χ2v) is 3.78. The van der Waals surface area contributed by atoms with Gasteiger partial charge in [-0.2, -0.15) is 0 Å². The van der Waals surface area contributed by atoms with Crippen LogP contribution < -0.4 is 0 Å². The van der Waals surface area contributed by atoms with E-state index in [1.54, 1.807) is 6.08 Å². The fourth-order valence-corrected chi connectivity index (χ4v) is 1.92. The van der Waals surface area contributed by atoms with Gasteiger partial charge in [-0.05, 0) is 35.1 Å². The molecule has 0 saturated heterocycles. The first-order valence-corrected chi connectivity index (χ1v) is 4.57. The van der Waals surface area contributed by atoms with Gasteiger partial charge in [0.2, 0.25) is 0 Å². The molecule has 1 nitrogen and oxygen atoms in total. The molecular formula is C8H7FIN. The van der Waals surface area contributed by atoms with Crippen LogP contribution in [0.2, 0.25) is 0 Å². The summed E-state index contributed by atoms with van der Waals surface area (Å²) in [5, 5.41) is 0. The van der Waals surface area contributed by atoms with Crippen LogP contribution in [0.25, 0.3) is 6.08 Å². The molecule has 1 aromatic heterocycles. The number of aryl methyl sites for hydroxylation is 1. The van der Waals surface area contributed by atoms with Crippen LogP contribution in [0.15, 0.2) is 12.0 Å². The van der Waals surface area contributed by atoms with Gasteiger partial charge in [-0.25, -0.2) is 4.39 Å². The van der Waals surface area contributed by atoms with E-state index in [1.807, 2.05) is 6.20 Å². The van der Waals surface area contributed by atoms with Gasteiger partial charge in [0.25, 0.3) is 0 Å². The highest BCUT2D eigenvalue weighted by Gasteiger charge is 2.13. The van der Waals surface area contributed by atoms with E-state index in [4.69, 9.17) is 0 Å². The van der Waals surface area contributed by atoms with Crippen molar-refractivity contribution in [3.05, 3.63) is 26.9 Å². The molecule has 0 fully saturated rings. The maximum atomic E-state index is 12.8. The lowest BCUT2D eigenvalue weighted by Crippen LogP contribution is -1.95. The van der Waals surface area contributed by atoms with Crippen LogP contribution in [-0.4, -0.2) is 4.98 Å². The molecule has 1 heterocycles. The Balaban J connectivity index is 2.55. The van der Waals surface area contributed by atoms with Crippen LogP contribution in [0.1, 0.15) is 17.7 Å². The predicted octanol–water partition coefficient (Wildman–Crippen LogP) is 2.88. The van der Waals surface area contributed by atoms with Gasteiger partial charge in [-0.3, -0.25) is 0 Å². The summed E-state index contributed by atoms with van der Waals surface area (Å²) >= 11 is 2.21. The van der Waals surface area contributed by atoms with Gasteiger partial charge < -0.3 is 4.98 Å². The van der Waals surface area contributed by atoms with Crippen LogP contribution in [0.5, 0.6) is 0 Å². The number of aromatic amines is 1. The zero-order valence-electron chi connectivity index (χ0n) is 5.82. The number of aromatic nitrogens is 1. The summed E-state index contributed by atoms with van der Waals surface area (Å²) in [6.45, 7) is 0. The van der Waals surface area contributed by atoms with Gasteiger partial charge in [-0.1, -0.05) is 0 Å². The van der Waals surface area contributed by atoms with E-state index < -0.39 is 0 Å². The van der Waals surface area contributed by atoms with E-state index in [1.165, 1.54) is 0 Å². The second-order valence-electron chi connectivity index (χ2n) is 2.62. The molecule has 0 saturated carbocycles. The van der Waals surface area contributed by atoms with Crippen molar-refractivity contribution in [1.29, 1.82) is 0 Å². The fraction of sp³-hybridized carbons (Fsp3) is 0.250. The Hall–Kier alpha value is -0.320. The summed E-state index contributed by atoms with van der Waals surface area (Å²) in [6.07, 6.45) is 4.89. The molecule has 0 aliphatic heterocycles. The monoisotopic (exact) mass is 263 g/mol. The fourth-order valence-electron chi connectivity index (χ4n) is 1.29. The third-order valence-electron chi connectivity index (χ3n) is 1.87. The SMILES string of the molecule is FC1=Cc2c(I)c[nH]c2CC1. The van der Waals surface area contributed by atoms with E-state index in [-0.39, 0.29) is 5.83 Å². The first-order chi connectivity index (χ1) is 5.27. The first kappa shape index (κ1) is 7.34. The summed E-state index contributed by atoms with van der Waals surface area (Å²) in [5.41, 5.74) is 2.20. The average molecular weight is 263 g/mol. The highest BCUT2D eigenvalue weighted by atomic mass is 127. The molecule has 0 radical (unpaired) electrons. The minimum Gasteiger partial charge on any atom is -0.363 e. The molecule has 2 rings (SSSR count). The molecule has 58 valence electrons. The Kier molecular flexibility index (Phi) is 1.75. The number of fused-ring (bicyclic) bond motifs is 1. The number of hydrogen-bond acceptors (Lipinski definition) is 0. The molecule has 0 aromatic carbocycles. The maximum Gasteiger partial charge on any atom is 0.101 e. The Morgan fingerprint density at radius 2 is 2.27 bits per heavy atom. The molecule has 3 heteroatoms. The van der Waals surface area contributed by atoms with Crippen molar-refractivity contribution < 1.29 is 4.39 Å². The van der Waals surface area contributed by atoms with Crippen LogP contribution in [0.3, 0.4) is 0 Å². The van der Waals surface area contributed by atoms with Crippen molar-refractivity contribution in [2.75, 3.05) is 0 Å². The summed E-state index contributed by atoms with van der Waals surface area (Å²) in [4.78, 5) is 3.13. The number of allylic oxidation sites excluding steroid dienone is 1. The third-order valence-corrected chi connectivity index (χ3v) is 2.76. The third kappa shape index (κ3) is 1.21. The van der Waals surface area contributed by atoms with Crippen molar-refractivity contribution >= 4 is 28.7 Å². The molecular weight excluding hydrogens is 256 g/mol. The lowest BCUT2D eigenvalue weighted by molar-refractivity contribution is 0.588. The molecule has 0 unspecified atom stereocenters. The van der Waals surface area contributed by atoms with E-state index in [2.05, 4.69) is 27.6 Å². The van der Waals surface area contributed by atoms with Crippen molar-refractivity contribution in [1.82, 2.24) is 4.98 Å². The first-order valence-electron chi connectivity index (χ1n) is 3.49. The number of nitrogens with one attached hydrogen (secondary N) is 1. The number of hydrogen-bond donors (Lipinski definition) is 1. The largest absolute Gasteiger partial charge is 0.363 e. The normalized spacial score (nSPS) is 16.0. The van der Waals surface area contributed by atoms with Gasteiger partial charge in [0.15, 0.2) is 0 Å². The highest BCUT2D eigenvalue weighted by molar-refractivity contribution is 14.1.